The standard InChI is InChI=1S/C16H26N2O/c1-17(2)15-7-5-14(6-8-15)13-18(16-9-10-16)11-3-4-12-19/h5-8,16,19H,3-4,9-13H2,1-2H3. The van der Waals surface area contributed by atoms with Crippen molar-refractivity contribution in [2.75, 3.05) is 32.1 Å². The zero-order valence-electron chi connectivity index (χ0n) is 12.2. The normalized spacial score (nSPS) is 14.9. The van der Waals surface area contributed by atoms with Crippen LogP contribution in [0.5, 0.6) is 0 Å². The second-order valence-electron chi connectivity index (χ2n) is 5.69. The van der Waals surface area contributed by atoms with Gasteiger partial charge in [0.05, 0.1) is 0 Å². The first-order valence-electron chi connectivity index (χ1n) is 7.32. The lowest BCUT2D eigenvalue weighted by molar-refractivity contribution is 0.229. The van der Waals surface area contributed by atoms with Crippen molar-refractivity contribution in [2.45, 2.75) is 38.3 Å². The van der Waals surface area contributed by atoms with Gasteiger partial charge in [-0.2, -0.15) is 0 Å². The van der Waals surface area contributed by atoms with Gasteiger partial charge in [0.25, 0.3) is 0 Å². The van der Waals surface area contributed by atoms with E-state index in [2.05, 4.69) is 48.2 Å². The number of benzene rings is 1. The van der Waals surface area contributed by atoms with Crippen LogP contribution in [0.3, 0.4) is 0 Å². The fourth-order valence-corrected chi connectivity index (χ4v) is 2.39. The molecule has 0 spiro atoms. The fraction of sp³-hybridized carbons (Fsp3) is 0.625. The van der Waals surface area contributed by atoms with Crippen LogP contribution in [0.25, 0.3) is 0 Å². The predicted octanol–water partition coefficient (Wildman–Crippen LogP) is 2.49. The van der Waals surface area contributed by atoms with Crippen molar-refractivity contribution in [3.8, 4) is 0 Å². The minimum absolute atomic E-state index is 0.316. The van der Waals surface area contributed by atoms with Crippen LogP contribution in [-0.4, -0.2) is 43.3 Å². The number of hydrogen-bond donors (Lipinski definition) is 1. The maximum absolute atomic E-state index is 8.88. The first-order valence-corrected chi connectivity index (χ1v) is 7.32. The van der Waals surface area contributed by atoms with E-state index in [1.807, 2.05) is 0 Å². The average molecular weight is 262 g/mol. The summed E-state index contributed by atoms with van der Waals surface area (Å²) in [5, 5.41) is 8.88. The van der Waals surface area contributed by atoms with Gasteiger partial charge in [0.1, 0.15) is 0 Å². The highest BCUT2D eigenvalue weighted by molar-refractivity contribution is 5.45. The van der Waals surface area contributed by atoms with Gasteiger partial charge in [-0.25, -0.2) is 0 Å². The Morgan fingerprint density at radius 1 is 1.11 bits per heavy atom. The van der Waals surface area contributed by atoms with E-state index in [1.165, 1.54) is 24.1 Å². The Hall–Kier alpha value is -1.06. The zero-order valence-corrected chi connectivity index (χ0v) is 12.2. The molecule has 2 rings (SSSR count). The van der Waals surface area contributed by atoms with Gasteiger partial charge in [0.2, 0.25) is 0 Å². The van der Waals surface area contributed by atoms with Crippen molar-refractivity contribution < 1.29 is 5.11 Å². The molecule has 0 amide bonds. The lowest BCUT2D eigenvalue weighted by Crippen LogP contribution is -2.26. The molecule has 19 heavy (non-hydrogen) atoms. The predicted molar refractivity (Wildman–Crippen MR) is 80.5 cm³/mol. The van der Waals surface area contributed by atoms with Crippen LogP contribution in [0.4, 0.5) is 5.69 Å². The van der Waals surface area contributed by atoms with Crippen LogP contribution in [0.1, 0.15) is 31.2 Å². The summed E-state index contributed by atoms with van der Waals surface area (Å²) in [5.41, 5.74) is 2.64. The number of anilines is 1. The van der Waals surface area contributed by atoms with E-state index < -0.39 is 0 Å². The maximum atomic E-state index is 8.88. The molecule has 1 aliphatic carbocycles. The molecule has 0 unspecified atom stereocenters. The number of hydrogen-bond acceptors (Lipinski definition) is 3. The molecule has 0 saturated heterocycles. The van der Waals surface area contributed by atoms with Gasteiger partial charge in [-0.15, -0.1) is 0 Å². The summed E-state index contributed by atoms with van der Waals surface area (Å²) >= 11 is 0. The van der Waals surface area contributed by atoms with Crippen molar-refractivity contribution in [3.63, 3.8) is 0 Å². The third-order valence-corrected chi connectivity index (χ3v) is 3.76. The van der Waals surface area contributed by atoms with Crippen LogP contribution in [0.15, 0.2) is 24.3 Å². The van der Waals surface area contributed by atoms with Gasteiger partial charge < -0.3 is 10.0 Å². The molecule has 3 nitrogen and oxygen atoms in total. The largest absolute Gasteiger partial charge is 0.396 e. The van der Waals surface area contributed by atoms with Crippen LogP contribution < -0.4 is 4.90 Å². The van der Waals surface area contributed by atoms with Gasteiger partial charge in [-0.05, 0) is 49.9 Å². The summed E-state index contributed by atoms with van der Waals surface area (Å²) in [7, 11) is 4.14. The Balaban J connectivity index is 1.89. The smallest absolute Gasteiger partial charge is 0.0431 e. The van der Waals surface area contributed by atoms with Gasteiger partial charge >= 0.3 is 0 Å². The molecule has 0 aliphatic heterocycles. The third-order valence-electron chi connectivity index (χ3n) is 3.76. The summed E-state index contributed by atoms with van der Waals surface area (Å²) in [6.07, 6.45) is 4.70. The van der Waals surface area contributed by atoms with Crippen LogP contribution in [0, 0.1) is 0 Å². The minimum atomic E-state index is 0.316. The molecular weight excluding hydrogens is 236 g/mol. The van der Waals surface area contributed by atoms with Gasteiger partial charge in [-0.1, -0.05) is 12.1 Å². The first-order chi connectivity index (χ1) is 9.20. The molecule has 1 aromatic carbocycles. The summed E-state index contributed by atoms with van der Waals surface area (Å²) in [5.74, 6) is 0. The van der Waals surface area contributed by atoms with E-state index in [9.17, 15) is 0 Å². The summed E-state index contributed by atoms with van der Waals surface area (Å²) in [4.78, 5) is 4.70. The zero-order chi connectivity index (χ0) is 13.7. The van der Waals surface area contributed by atoms with Gasteiger partial charge in [0.15, 0.2) is 0 Å². The Bertz CT molecular complexity index is 371. The lowest BCUT2D eigenvalue weighted by atomic mass is 10.1. The van der Waals surface area contributed by atoms with E-state index in [4.69, 9.17) is 5.11 Å². The molecule has 0 atom stereocenters. The van der Waals surface area contributed by atoms with E-state index in [-0.39, 0.29) is 0 Å². The number of aliphatic hydroxyl groups is 1. The van der Waals surface area contributed by atoms with E-state index in [0.717, 1.165) is 32.0 Å². The summed E-state index contributed by atoms with van der Waals surface area (Å²) in [6.45, 7) is 2.47. The molecule has 3 heteroatoms. The van der Waals surface area contributed by atoms with Crippen LogP contribution >= 0.6 is 0 Å². The van der Waals surface area contributed by atoms with Crippen molar-refractivity contribution in [3.05, 3.63) is 29.8 Å². The molecule has 106 valence electrons. The monoisotopic (exact) mass is 262 g/mol. The van der Waals surface area contributed by atoms with Crippen LogP contribution in [-0.2, 0) is 6.54 Å². The Morgan fingerprint density at radius 3 is 2.32 bits per heavy atom. The number of unbranched alkanes of at least 4 members (excludes halogenated alkanes) is 1. The molecule has 0 radical (unpaired) electrons. The second kappa shape index (κ2) is 6.92. The summed E-state index contributed by atoms with van der Waals surface area (Å²) < 4.78 is 0. The van der Waals surface area contributed by atoms with Crippen molar-refractivity contribution in [1.82, 2.24) is 4.90 Å². The minimum Gasteiger partial charge on any atom is -0.396 e. The van der Waals surface area contributed by atoms with Crippen molar-refractivity contribution in [1.29, 1.82) is 0 Å². The molecule has 0 aromatic heterocycles. The van der Waals surface area contributed by atoms with Gasteiger partial charge in [0, 0.05) is 39.0 Å². The topological polar surface area (TPSA) is 26.7 Å². The third kappa shape index (κ3) is 4.51. The summed E-state index contributed by atoms with van der Waals surface area (Å²) in [6, 6.07) is 9.63. The highest BCUT2D eigenvalue weighted by Gasteiger charge is 2.28. The molecular formula is C16H26N2O. The maximum Gasteiger partial charge on any atom is 0.0431 e. The number of aliphatic hydroxyl groups excluding tert-OH is 1. The van der Waals surface area contributed by atoms with E-state index >= 15 is 0 Å². The first kappa shape index (κ1) is 14.4. The number of nitrogens with zero attached hydrogens (tertiary/aromatic N) is 2. The van der Waals surface area contributed by atoms with E-state index in [1.54, 1.807) is 0 Å². The SMILES string of the molecule is CN(C)c1ccc(CN(CCCCO)C2CC2)cc1. The molecule has 1 saturated carbocycles. The average Bonchev–Trinajstić information content (AvgIpc) is 3.23. The molecule has 1 fully saturated rings. The van der Waals surface area contributed by atoms with Crippen molar-refractivity contribution >= 4 is 5.69 Å². The van der Waals surface area contributed by atoms with Crippen LogP contribution in [0.2, 0.25) is 0 Å². The molecule has 1 aromatic rings. The van der Waals surface area contributed by atoms with Gasteiger partial charge in [-0.3, -0.25) is 4.90 Å². The molecule has 1 aliphatic rings. The molecule has 0 heterocycles. The van der Waals surface area contributed by atoms with E-state index in [0.29, 0.717) is 6.61 Å². The molecule has 0 bridgehead atoms. The highest BCUT2D eigenvalue weighted by Crippen LogP contribution is 2.28. The Kier molecular flexibility index (Phi) is 5.23. The number of rotatable bonds is 8. The second-order valence-corrected chi connectivity index (χ2v) is 5.69. The fourth-order valence-electron chi connectivity index (χ4n) is 2.39. The molecule has 1 N–H and O–H groups in total. The highest BCUT2D eigenvalue weighted by atomic mass is 16.2. The quantitative estimate of drug-likeness (QED) is 0.729. The Morgan fingerprint density at radius 2 is 1.79 bits per heavy atom. The van der Waals surface area contributed by atoms with Crippen molar-refractivity contribution in [2.24, 2.45) is 0 Å². The lowest BCUT2D eigenvalue weighted by Gasteiger charge is -2.22. The Labute approximate surface area is 116 Å².